The van der Waals surface area contributed by atoms with Gasteiger partial charge in [0.05, 0.1) is 0 Å². The molecule has 6 nitrogen and oxygen atoms in total. The van der Waals surface area contributed by atoms with E-state index in [9.17, 15) is 14.4 Å². The summed E-state index contributed by atoms with van der Waals surface area (Å²) in [6.45, 7) is 6.41. The molecule has 6 heteroatoms. The van der Waals surface area contributed by atoms with Crippen LogP contribution in [-0.2, 0) is 28.6 Å². The van der Waals surface area contributed by atoms with Gasteiger partial charge >= 0.3 is 17.9 Å². The molecule has 1 unspecified atom stereocenters. The van der Waals surface area contributed by atoms with Gasteiger partial charge in [0.2, 0.25) is 0 Å². The fourth-order valence-corrected chi connectivity index (χ4v) is 7.28. The maximum Gasteiger partial charge on any atom is 0.306 e. The number of ether oxygens (including phenoxy) is 3. The Morgan fingerprint density at radius 1 is 0.318 bits per heavy atom. The van der Waals surface area contributed by atoms with Crippen LogP contribution in [0.25, 0.3) is 0 Å². The van der Waals surface area contributed by atoms with Crippen LogP contribution in [0.5, 0.6) is 0 Å². The zero-order valence-electron chi connectivity index (χ0n) is 42.9. The number of carbonyl (C=O) groups excluding carboxylic acids is 3. The highest BCUT2D eigenvalue weighted by Crippen LogP contribution is 2.14. The summed E-state index contributed by atoms with van der Waals surface area (Å²) in [5.41, 5.74) is 0. The van der Waals surface area contributed by atoms with Crippen molar-refractivity contribution in [3.05, 3.63) is 97.2 Å². The minimum atomic E-state index is -0.773. The molecule has 66 heavy (non-hydrogen) atoms. The van der Waals surface area contributed by atoms with Crippen LogP contribution in [0, 0.1) is 0 Å². The molecular weight excluding hydrogens is 817 g/mol. The molecule has 0 saturated heterocycles. The molecule has 1 atom stereocenters. The van der Waals surface area contributed by atoms with Crippen molar-refractivity contribution in [1.82, 2.24) is 0 Å². The van der Waals surface area contributed by atoms with Crippen molar-refractivity contribution in [1.29, 1.82) is 0 Å². The van der Waals surface area contributed by atoms with Gasteiger partial charge in [-0.05, 0) is 83.5 Å². The van der Waals surface area contributed by atoms with E-state index in [2.05, 4.69) is 118 Å². The lowest BCUT2D eigenvalue weighted by atomic mass is 10.1. The summed E-state index contributed by atoms with van der Waals surface area (Å²) in [6, 6.07) is 0. The lowest BCUT2D eigenvalue weighted by Gasteiger charge is -2.18. The molecule has 0 spiro atoms. The topological polar surface area (TPSA) is 78.9 Å². The van der Waals surface area contributed by atoms with Gasteiger partial charge in [-0.3, -0.25) is 14.4 Å². The molecule has 0 heterocycles. The first kappa shape index (κ1) is 62.3. The van der Waals surface area contributed by atoms with E-state index in [1.165, 1.54) is 83.5 Å². The lowest BCUT2D eigenvalue weighted by molar-refractivity contribution is -0.167. The van der Waals surface area contributed by atoms with Gasteiger partial charge in [-0.25, -0.2) is 0 Å². The minimum absolute atomic E-state index is 0.0786. The Morgan fingerprint density at radius 3 is 0.924 bits per heavy atom. The lowest BCUT2D eigenvalue weighted by Crippen LogP contribution is -2.30. The van der Waals surface area contributed by atoms with Crippen LogP contribution in [0.2, 0.25) is 0 Å². The van der Waals surface area contributed by atoms with Gasteiger partial charge in [0.15, 0.2) is 6.10 Å². The maximum absolute atomic E-state index is 12.7. The second kappa shape index (κ2) is 53.9. The molecule has 0 amide bonds. The van der Waals surface area contributed by atoms with Gasteiger partial charge < -0.3 is 14.2 Å². The van der Waals surface area contributed by atoms with Crippen LogP contribution in [0.1, 0.15) is 245 Å². The van der Waals surface area contributed by atoms with Crippen molar-refractivity contribution in [2.24, 2.45) is 0 Å². The summed E-state index contributed by atoms with van der Waals surface area (Å²) in [7, 11) is 0. The van der Waals surface area contributed by atoms with E-state index < -0.39 is 6.10 Å². The molecule has 0 aromatic rings. The molecule has 0 radical (unpaired) electrons. The van der Waals surface area contributed by atoms with E-state index in [0.717, 1.165) is 122 Å². The average molecular weight is 917 g/mol. The first-order chi connectivity index (χ1) is 32.5. The smallest absolute Gasteiger partial charge is 0.306 e. The Labute approximate surface area is 407 Å². The molecule has 0 aliphatic heterocycles. The van der Waals surface area contributed by atoms with Gasteiger partial charge in [0, 0.05) is 19.3 Å². The quantitative estimate of drug-likeness (QED) is 0.0262. The van der Waals surface area contributed by atoms with Crippen molar-refractivity contribution in [2.75, 3.05) is 13.2 Å². The number of esters is 3. The fourth-order valence-electron chi connectivity index (χ4n) is 7.28. The summed E-state index contributed by atoms with van der Waals surface area (Å²) in [6.07, 6.45) is 71.6. The Morgan fingerprint density at radius 2 is 0.591 bits per heavy atom. The molecule has 0 rings (SSSR count). The van der Waals surface area contributed by atoms with Crippen LogP contribution in [0.15, 0.2) is 97.2 Å². The molecule has 0 aromatic heterocycles. The SMILES string of the molecule is CC/C=C\C/C=C\C/C=C\C/C=C\C/C=C\C/C=C\C/C=C\C/C=C\CCCCCCCCCCC(=O)OCC(COC(=O)CCCCCCC)OC(=O)CCCCCCCCCCCC. The van der Waals surface area contributed by atoms with Crippen molar-refractivity contribution >= 4 is 17.9 Å². The normalized spacial score (nSPS) is 12.8. The summed E-state index contributed by atoms with van der Waals surface area (Å²) in [5.74, 6) is -0.904. The van der Waals surface area contributed by atoms with Crippen LogP contribution in [-0.4, -0.2) is 37.2 Å². The van der Waals surface area contributed by atoms with Crippen molar-refractivity contribution < 1.29 is 28.6 Å². The first-order valence-electron chi connectivity index (χ1n) is 27.2. The van der Waals surface area contributed by atoms with Crippen LogP contribution in [0.3, 0.4) is 0 Å². The first-order valence-corrected chi connectivity index (χ1v) is 27.2. The van der Waals surface area contributed by atoms with Gasteiger partial charge in [0.25, 0.3) is 0 Å². The predicted octanol–water partition coefficient (Wildman–Crippen LogP) is 18.1. The van der Waals surface area contributed by atoms with E-state index in [1.54, 1.807) is 0 Å². The third-order valence-corrected chi connectivity index (χ3v) is 11.4. The molecule has 376 valence electrons. The third-order valence-electron chi connectivity index (χ3n) is 11.4. The molecule has 0 aromatic carbocycles. The van der Waals surface area contributed by atoms with Crippen LogP contribution in [0.4, 0.5) is 0 Å². The summed E-state index contributed by atoms with van der Waals surface area (Å²) >= 11 is 0. The largest absolute Gasteiger partial charge is 0.462 e. The van der Waals surface area contributed by atoms with Crippen molar-refractivity contribution in [2.45, 2.75) is 252 Å². The summed E-state index contributed by atoms with van der Waals surface area (Å²) < 4.78 is 16.6. The molecular formula is C60H100O6. The monoisotopic (exact) mass is 917 g/mol. The van der Waals surface area contributed by atoms with Gasteiger partial charge in [-0.15, -0.1) is 0 Å². The number of carbonyl (C=O) groups is 3. The molecule has 0 bridgehead atoms. The zero-order chi connectivity index (χ0) is 47.9. The molecule has 0 aliphatic carbocycles. The van der Waals surface area contributed by atoms with Gasteiger partial charge in [-0.1, -0.05) is 240 Å². The van der Waals surface area contributed by atoms with E-state index in [4.69, 9.17) is 14.2 Å². The standard InChI is InChI=1S/C60H100O6/c1-4-7-10-13-15-17-19-20-21-22-23-24-25-26-27-28-29-30-31-32-33-34-35-36-37-38-39-40-41-43-44-47-50-53-59(62)65-56-57(55-64-58(61)52-49-46-12-9-6-3)66-60(63)54-51-48-45-42-18-16-14-11-8-5-2/h7,10,15,17,20-21,23-24,26-27,29-30,32-33,35-36,57H,4-6,8-9,11-14,16,18-19,22,25,28,31,34,37-56H2,1-3H3/b10-7-,17-15-,21-20-,24-23-,27-26-,30-29-,33-32-,36-35-. The number of rotatable bonds is 48. The highest BCUT2D eigenvalue weighted by molar-refractivity contribution is 5.71. The van der Waals surface area contributed by atoms with E-state index in [1.807, 2.05) is 0 Å². The van der Waals surface area contributed by atoms with E-state index >= 15 is 0 Å². The molecule has 0 saturated carbocycles. The number of hydrogen-bond acceptors (Lipinski definition) is 6. The molecule has 0 N–H and O–H groups in total. The van der Waals surface area contributed by atoms with Crippen molar-refractivity contribution in [3.63, 3.8) is 0 Å². The summed E-state index contributed by atoms with van der Waals surface area (Å²) in [4.78, 5) is 37.6. The maximum atomic E-state index is 12.7. The number of unbranched alkanes of at least 4 members (excludes halogenated alkanes) is 21. The van der Waals surface area contributed by atoms with Crippen LogP contribution >= 0.6 is 0 Å². The predicted molar refractivity (Wildman–Crippen MR) is 284 cm³/mol. The summed E-state index contributed by atoms with van der Waals surface area (Å²) in [5, 5.41) is 0. The van der Waals surface area contributed by atoms with Crippen molar-refractivity contribution in [3.8, 4) is 0 Å². The number of hydrogen-bond donors (Lipinski definition) is 0. The average Bonchev–Trinajstić information content (AvgIpc) is 3.31. The highest BCUT2D eigenvalue weighted by atomic mass is 16.6. The second-order valence-corrected chi connectivity index (χ2v) is 17.8. The Balaban J connectivity index is 4.02. The van der Waals surface area contributed by atoms with Gasteiger partial charge in [0.1, 0.15) is 13.2 Å². The van der Waals surface area contributed by atoms with E-state index in [0.29, 0.717) is 19.3 Å². The van der Waals surface area contributed by atoms with E-state index in [-0.39, 0.29) is 31.1 Å². The Kier molecular flexibility index (Phi) is 50.9. The molecule has 0 fully saturated rings. The highest BCUT2D eigenvalue weighted by Gasteiger charge is 2.19. The minimum Gasteiger partial charge on any atom is -0.462 e. The fraction of sp³-hybridized carbons (Fsp3) is 0.683. The molecule has 0 aliphatic rings. The second-order valence-electron chi connectivity index (χ2n) is 17.8. The Bertz CT molecular complexity index is 1330. The zero-order valence-corrected chi connectivity index (χ0v) is 42.9. The third kappa shape index (κ3) is 51.3. The Hall–Kier alpha value is -3.67. The number of allylic oxidation sites excluding steroid dienone is 16. The van der Waals surface area contributed by atoms with Crippen LogP contribution < -0.4 is 0 Å². The van der Waals surface area contributed by atoms with Gasteiger partial charge in [-0.2, -0.15) is 0 Å².